The molecule has 0 spiro atoms. The van der Waals surface area contributed by atoms with Gasteiger partial charge in [0.1, 0.15) is 17.1 Å². The molecule has 3 rings (SSSR count). The third-order valence-corrected chi connectivity index (χ3v) is 3.11. The third-order valence-electron chi connectivity index (χ3n) is 3.11. The van der Waals surface area contributed by atoms with Gasteiger partial charge in [-0.15, -0.1) is 10.2 Å². The van der Waals surface area contributed by atoms with Crippen molar-refractivity contribution < 1.29 is 14.3 Å². The standard InChI is InChI=1S/C12H8FN5O3/c1-18-7-3-2-5(13)4-6(7)9(19)8(12(18)21)10(20)11-14-16-17-15-11/h2-4,19H,1H3,(H,14,15,16,17). The van der Waals surface area contributed by atoms with Crippen molar-refractivity contribution in [3.63, 3.8) is 0 Å². The van der Waals surface area contributed by atoms with E-state index in [0.29, 0.717) is 5.52 Å². The molecule has 0 bridgehead atoms. The normalized spacial score (nSPS) is 11.0. The van der Waals surface area contributed by atoms with Crippen molar-refractivity contribution >= 4 is 16.7 Å². The first-order chi connectivity index (χ1) is 10.0. The number of halogens is 1. The van der Waals surface area contributed by atoms with Crippen LogP contribution >= 0.6 is 0 Å². The number of carbonyl (C=O) groups excluding carboxylic acids is 1. The molecule has 0 amide bonds. The first kappa shape index (κ1) is 12.9. The van der Waals surface area contributed by atoms with Crippen molar-refractivity contribution in [3.8, 4) is 5.75 Å². The third kappa shape index (κ3) is 1.86. The SMILES string of the molecule is Cn1c(=O)c(C(=O)c2nn[nH]n2)c(O)c2cc(F)ccc21. The van der Waals surface area contributed by atoms with Crippen LogP contribution in [0.3, 0.4) is 0 Å². The van der Waals surface area contributed by atoms with E-state index >= 15 is 0 Å². The number of aryl methyl sites for hydroxylation is 1. The number of rotatable bonds is 2. The summed E-state index contributed by atoms with van der Waals surface area (Å²) in [7, 11) is 1.41. The van der Waals surface area contributed by atoms with E-state index in [1.165, 1.54) is 13.1 Å². The fourth-order valence-electron chi connectivity index (χ4n) is 2.08. The lowest BCUT2D eigenvalue weighted by Gasteiger charge is -2.10. The van der Waals surface area contributed by atoms with Crippen molar-refractivity contribution in [2.45, 2.75) is 0 Å². The lowest BCUT2D eigenvalue weighted by atomic mass is 10.1. The molecular weight excluding hydrogens is 281 g/mol. The van der Waals surface area contributed by atoms with E-state index in [1.807, 2.05) is 0 Å². The molecule has 0 aliphatic rings. The van der Waals surface area contributed by atoms with Gasteiger partial charge in [0, 0.05) is 12.4 Å². The molecule has 0 fully saturated rings. The van der Waals surface area contributed by atoms with Crippen molar-refractivity contribution in [1.29, 1.82) is 0 Å². The predicted molar refractivity (Wildman–Crippen MR) is 68.4 cm³/mol. The van der Waals surface area contributed by atoms with Gasteiger partial charge in [-0.3, -0.25) is 9.59 Å². The van der Waals surface area contributed by atoms with Crippen LogP contribution in [0.2, 0.25) is 0 Å². The fourth-order valence-corrected chi connectivity index (χ4v) is 2.08. The Hall–Kier alpha value is -3.10. The number of aromatic amines is 1. The van der Waals surface area contributed by atoms with Crippen molar-refractivity contribution in [3.05, 3.63) is 45.8 Å². The number of hydrogen-bond donors (Lipinski definition) is 2. The second-order valence-corrected chi connectivity index (χ2v) is 4.31. The highest BCUT2D eigenvalue weighted by atomic mass is 19.1. The molecule has 1 aromatic carbocycles. The first-order valence-corrected chi connectivity index (χ1v) is 5.80. The van der Waals surface area contributed by atoms with Crippen molar-refractivity contribution in [2.24, 2.45) is 7.05 Å². The van der Waals surface area contributed by atoms with E-state index in [0.717, 1.165) is 16.7 Å². The van der Waals surface area contributed by atoms with Crippen LogP contribution in [0.4, 0.5) is 4.39 Å². The monoisotopic (exact) mass is 289 g/mol. The number of carbonyl (C=O) groups is 1. The van der Waals surface area contributed by atoms with Crippen LogP contribution in [0.5, 0.6) is 5.75 Å². The number of benzene rings is 1. The molecule has 8 nitrogen and oxygen atoms in total. The number of aromatic nitrogens is 5. The van der Waals surface area contributed by atoms with Gasteiger partial charge < -0.3 is 9.67 Å². The van der Waals surface area contributed by atoms with E-state index in [4.69, 9.17) is 0 Å². The van der Waals surface area contributed by atoms with Gasteiger partial charge in [-0.1, -0.05) is 0 Å². The minimum absolute atomic E-state index is 0.0453. The summed E-state index contributed by atoms with van der Waals surface area (Å²) < 4.78 is 14.5. The maximum Gasteiger partial charge on any atom is 0.265 e. The molecule has 0 saturated carbocycles. The Kier molecular flexibility index (Phi) is 2.75. The summed E-state index contributed by atoms with van der Waals surface area (Å²) in [5, 5.41) is 22.4. The highest BCUT2D eigenvalue weighted by molar-refractivity contribution is 6.10. The minimum Gasteiger partial charge on any atom is -0.506 e. The van der Waals surface area contributed by atoms with Crippen LogP contribution in [0, 0.1) is 5.82 Å². The van der Waals surface area contributed by atoms with Crippen molar-refractivity contribution in [1.82, 2.24) is 25.2 Å². The minimum atomic E-state index is -0.895. The van der Waals surface area contributed by atoms with E-state index in [-0.39, 0.29) is 11.2 Å². The maximum atomic E-state index is 13.3. The maximum absolute atomic E-state index is 13.3. The molecule has 0 aliphatic heterocycles. The van der Waals surface area contributed by atoms with Crippen LogP contribution in [-0.2, 0) is 7.05 Å². The number of hydrogen-bond acceptors (Lipinski definition) is 6. The van der Waals surface area contributed by atoms with Crippen LogP contribution in [0.15, 0.2) is 23.0 Å². The van der Waals surface area contributed by atoms with E-state index in [2.05, 4.69) is 20.6 Å². The largest absolute Gasteiger partial charge is 0.506 e. The Morgan fingerprint density at radius 3 is 2.86 bits per heavy atom. The zero-order valence-electron chi connectivity index (χ0n) is 10.7. The van der Waals surface area contributed by atoms with E-state index < -0.39 is 28.5 Å². The van der Waals surface area contributed by atoms with Crippen LogP contribution in [0.25, 0.3) is 10.9 Å². The van der Waals surface area contributed by atoms with Gasteiger partial charge in [-0.05, 0) is 23.4 Å². The molecule has 2 N–H and O–H groups in total. The van der Waals surface area contributed by atoms with Gasteiger partial charge in [-0.2, -0.15) is 5.21 Å². The van der Waals surface area contributed by atoms with Gasteiger partial charge in [0.25, 0.3) is 5.56 Å². The Balaban J connectivity index is 2.38. The molecule has 2 aromatic heterocycles. The number of tetrazole rings is 1. The Bertz CT molecular complexity index is 917. The molecule has 21 heavy (non-hydrogen) atoms. The topological polar surface area (TPSA) is 114 Å². The summed E-state index contributed by atoms with van der Waals surface area (Å²) in [6, 6.07) is 3.54. The summed E-state index contributed by atoms with van der Waals surface area (Å²) in [4.78, 5) is 24.4. The summed E-state index contributed by atoms with van der Waals surface area (Å²) in [5.74, 6) is -2.47. The predicted octanol–water partition coefficient (Wildman–Crippen LogP) is 0.127. The number of nitrogens with one attached hydrogen (secondary N) is 1. The van der Waals surface area contributed by atoms with Gasteiger partial charge >= 0.3 is 0 Å². The second-order valence-electron chi connectivity index (χ2n) is 4.31. The number of nitrogens with zero attached hydrogens (tertiary/aromatic N) is 4. The van der Waals surface area contributed by atoms with E-state index in [9.17, 15) is 19.1 Å². The zero-order valence-corrected chi connectivity index (χ0v) is 10.7. The Morgan fingerprint density at radius 1 is 1.43 bits per heavy atom. The molecule has 0 saturated heterocycles. The number of H-pyrrole nitrogens is 1. The first-order valence-electron chi connectivity index (χ1n) is 5.80. The molecule has 0 radical (unpaired) electrons. The lowest BCUT2D eigenvalue weighted by molar-refractivity contribution is 0.102. The fraction of sp³-hybridized carbons (Fsp3) is 0.0833. The zero-order chi connectivity index (χ0) is 15.1. The molecule has 2 heterocycles. The average molecular weight is 289 g/mol. The number of aromatic hydroxyl groups is 1. The molecule has 106 valence electrons. The number of ketones is 1. The van der Waals surface area contributed by atoms with Gasteiger partial charge in [-0.25, -0.2) is 4.39 Å². The summed E-state index contributed by atoms with van der Waals surface area (Å²) >= 11 is 0. The van der Waals surface area contributed by atoms with Crippen LogP contribution < -0.4 is 5.56 Å². The van der Waals surface area contributed by atoms with Crippen LogP contribution in [0.1, 0.15) is 16.2 Å². The van der Waals surface area contributed by atoms with Gasteiger partial charge in [0.15, 0.2) is 0 Å². The summed E-state index contributed by atoms with van der Waals surface area (Å²) in [6.45, 7) is 0. The van der Waals surface area contributed by atoms with Crippen molar-refractivity contribution in [2.75, 3.05) is 0 Å². The molecule has 0 atom stereocenters. The summed E-state index contributed by atoms with van der Waals surface area (Å²) in [5.41, 5.74) is -0.970. The number of pyridine rings is 1. The smallest absolute Gasteiger partial charge is 0.265 e. The average Bonchev–Trinajstić information content (AvgIpc) is 2.99. The van der Waals surface area contributed by atoms with Gasteiger partial charge in [0.05, 0.1) is 5.52 Å². The molecular formula is C12H8FN5O3. The Labute approximate surface area is 115 Å². The quantitative estimate of drug-likeness (QED) is 0.648. The van der Waals surface area contributed by atoms with Gasteiger partial charge in [0.2, 0.25) is 11.6 Å². The second kappa shape index (κ2) is 4.47. The molecule has 0 aliphatic carbocycles. The van der Waals surface area contributed by atoms with E-state index in [1.54, 1.807) is 0 Å². The molecule has 9 heteroatoms. The highest BCUT2D eigenvalue weighted by Crippen LogP contribution is 2.27. The lowest BCUT2D eigenvalue weighted by Crippen LogP contribution is -2.26. The molecule has 0 unspecified atom stereocenters. The number of fused-ring (bicyclic) bond motifs is 1. The molecule has 3 aromatic rings. The van der Waals surface area contributed by atoms with Crippen LogP contribution in [-0.4, -0.2) is 36.1 Å². The Morgan fingerprint density at radius 2 is 2.19 bits per heavy atom. The highest BCUT2D eigenvalue weighted by Gasteiger charge is 2.25. The summed E-state index contributed by atoms with van der Waals surface area (Å²) in [6.07, 6.45) is 0.